The van der Waals surface area contributed by atoms with Gasteiger partial charge in [0.25, 0.3) is 0 Å². The van der Waals surface area contributed by atoms with Crippen LogP contribution in [0.2, 0.25) is 0 Å². The monoisotopic (exact) mass is 196 g/mol. The van der Waals surface area contributed by atoms with Crippen LogP contribution in [-0.2, 0) is 0 Å². The van der Waals surface area contributed by atoms with Crippen molar-refractivity contribution in [1.82, 2.24) is 4.90 Å². The summed E-state index contributed by atoms with van der Waals surface area (Å²) in [5.74, 6) is 0.975. The smallest absolute Gasteiger partial charge is 0.0168 e. The minimum Gasteiger partial charge on any atom is -0.327 e. The first-order valence-electron chi connectivity index (χ1n) is 6.25. The van der Waals surface area contributed by atoms with Crippen molar-refractivity contribution in [2.75, 3.05) is 13.1 Å². The molecule has 0 aromatic rings. The van der Waals surface area contributed by atoms with Crippen molar-refractivity contribution >= 4 is 0 Å². The van der Waals surface area contributed by atoms with Crippen molar-refractivity contribution in [2.24, 2.45) is 11.7 Å². The lowest BCUT2D eigenvalue weighted by atomic mass is 9.97. The van der Waals surface area contributed by atoms with E-state index in [1.165, 1.54) is 45.1 Å². The van der Waals surface area contributed by atoms with Gasteiger partial charge in [-0.3, -0.25) is 4.90 Å². The summed E-state index contributed by atoms with van der Waals surface area (Å²) in [6.07, 6.45) is 8.35. The van der Waals surface area contributed by atoms with Gasteiger partial charge in [0.1, 0.15) is 0 Å². The number of piperidine rings is 1. The van der Waals surface area contributed by atoms with Crippen LogP contribution in [0.5, 0.6) is 0 Å². The molecule has 1 aliphatic heterocycles. The third kappa shape index (κ3) is 2.48. The predicted molar refractivity (Wildman–Crippen MR) is 60.2 cm³/mol. The largest absolute Gasteiger partial charge is 0.327 e. The van der Waals surface area contributed by atoms with Crippen molar-refractivity contribution in [3.05, 3.63) is 0 Å². The average Bonchev–Trinajstić information content (AvgIpc) is 2.64. The number of nitrogens with zero attached hydrogens (tertiary/aromatic N) is 1. The second-order valence-corrected chi connectivity index (χ2v) is 5.29. The molecular formula is C12H24N2. The Kier molecular flexibility index (Phi) is 3.45. The van der Waals surface area contributed by atoms with Gasteiger partial charge in [0.2, 0.25) is 0 Å². The Morgan fingerprint density at radius 3 is 2.57 bits per heavy atom. The van der Waals surface area contributed by atoms with Gasteiger partial charge in [0.15, 0.2) is 0 Å². The minimum atomic E-state index is 0.438. The van der Waals surface area contributed by atoms with Crippen molar-refractivity contribution in [1.29, 1.82) is 0 Å². The number of nitrogens with two attached hydrogens (primary N) is 1. The highest BCUT2D eigenvalue weighted by atomic mass is 15.2. The molecule has 0 bridgehead atoms. The zero-order valence-electron chi connectivity index (χ0n) is 9.41. The SMILES string of the molecule is CC1CCC(N)CN1CC1CCCC1. The highest BCUT2D eigenvalue weighted by Crippen LogP contribution is 2.27. The number of likely N-dealkylation sites (tertiary alicyclic amines) is 1. The Balaban J connectivity index is 1.82. The van der Waals surface area contributed by atoms with Crippen molar-refractivity contribution < 1.29 is 0 Å². The van der Waals surface area contributed by atoms with Crippen LogP contribution < -0.4 is 5.73 Å². The molecule has 2 unspecified atom stereocenters. The van der Waals surface area contributed by atoms with E-state index in [-0.39, 0.29) is 0 Å². The van der Waals surface area contributed by atoms with Gasteiger partial charge < -0.3 is 5.73 Å². The fourth-order valence-electron chi connectivity index (χ4n) is 2.99. The van der Waals surface area contributed by atoms with Crippen LogP contribution in [0.4, 0.5) is 0 Å². The fraction of sp³-hybridized carbons (Fsp3) is 1.00. The number of hydrogen-bond acceptors (Lipinski definition) is 2. The standard InChI is InChI=1S/C12H24N2/c1-10-6-7-12(13)9-14(10)8-11-4-2-3-5-11/h10-12H,2-9,13H2,1H3. The first-order valence-corrected chi connectivity index (χ1v) is 6.25. The maximum Gasteiger partial charge on any atom is 0.0168 e. The lowest BCUT2D eigenvalue weighted by Crippen LogP contribution is -2.48. The van der Waals surface area contributed by atoms with E-state index in [0.29, 0.717) is 6.04 Å². The lowest BCUT2D eigenvalue weighted by Gasteiger charge is -2.38. The molecule has 14 heavy (non-hydrogen) atoms. The molecule has 0 radical (unpaired) electrons. The molecule has 82 valence electrons. The van der Waals surface area contributed by atoms with Crippen molar-refractivity contribution in [2.45, 2.75) is 57.5 Å². The summed E-state index contributed by atoms with van der Waals surface area (Å²) in [5.41, 5.74) is 6.02. The van der Waals surface area contributed by atoms with E-state index in [2.05, 4.69) is 11.8 Å². The minimum absolute atomic E-state index is 0.438. The summed E-state index contributed by atoms with van der Waals surface area (Å²) in [5, 5.41) is 0. The summed E-state index contributed by atoms with van der Waals surface area (Å²) in [6.45, 7) is 4.81. The van der Waals surface area contributed by atoms with Gasteiger partial charge in [-0.05, 0) is 38.5 Å². The van der Waals surface area contributed by atoms with Gasteiger partial charge in [0, 0.05) is 25.2 Å². The summed E-state index contributed by atoms with van der Waals surface area (Å²) < 4.78 is 0. The maximum absolute atomic E-state index is 6.02. The van der Waals surface area contributed by atoms with Gasteiger partial charge in [-0.2, -0.15) is 0 Å². The highest BCUT2D eigenvalue weighted by molar-refractivity contribution is 4.83. The Labute approximate surface area is 87.8 Å². The maximum atomic E-state index is 6.02. The van der Waals surface area contributed by atoms with Crippen LogP contribution in [-0.4, -0.2) is 30.1 Å². The van der Waals surface area contributed by atoms with Gasteiger partial charge in [-0.25, -0.2) is 0 Å². The molecule has 2 N–H and O–H groups in total. The average molecular weight is 196 g/mol. The van der Waals surface area contributed by atoms with Crippen LogP contribution in [0.3, 0.4) is 0 Å². The van der Waals surface area contributed by atoms with Crippen molar-refractivity contribution in [3.8, 4) is 0 Å². The molecule has 1 aliphatic carbocycles. The third-order valence-electron chi connectivity index (χ3n) is 4.02. The van der Waals surface area contributed by atoms with Gasteiger partial charge >= 0.3 is 0 Å². The predicted octanol–water partition coefficient (Wildman–Crippen LogP) is 1.99. The molecule has 2 nitrogen and oxygen atoms in total. The van der Waals surface area contributed by atoms with E-state index in [4.69, 9.17) is 5.73 Å². The third-order valence-corrected chi connectivity index (χ3v) is 4.02. The molecule has 2 atom stereocenters. The van der Waals surface area contributed by atoms with Gasteiger partial charge in [-0.15, -0.1) is 0 Å². The Hall–Kier alpha value is -0.0800. The quantitative estimate of drug-likeness (QED) is 0.732. The summed E-state index contributed by atoms with van der Waals surface area (Å²) in [6, 6.07) is 1.21. The fourth-order valence-corrected chi connectivity index (χ4v) is 2.99. The lowest BCUT2D eigenvalue weighted by molar-refractivity contribution is 0.124. The first-order chi connectivity index (χ1) is 6.75. The van der Waals surface area contributed by atoms with Gasteiger partial charge in [-0.1, -0.05) is 12.8 Å². The normalized spacial score (nSPS) is 36.4. The highest BCUT2D eigenvalue weighted by Gasteiger charge is 2.26. The zero-order valence-corrected chi connectivity index (χ0v) is 9.41. The second-order valence-electron chi connectivity index (χ2n) is 5.29. The van der Waals surface area contributed by atoms with Gasteiger partial charge in [0.05, 0.1) is 0 Å². The molecule has 2 heteroatoms. The molecule has 1 saturated heterocycles. The van der Waals surface area contributed by atoms with Crippen LogP contribution in [0.25, 0.3) is 0 Å². The molecule has 2 aliphatic rings. The molecule has 0 spiro atoms. The molecule has 0 amide bonds. The topological polar surface area (TPSA) is 29.3 Å². The summed E-state index contributed by atoms with van der Waals surface area (Å²) in [4.78, 5) is 2.63. The Morgan fingerprint density at radius 2 is 1.86 bits per heavy atom. The van der Waals surface area contributed by atoms with E-state index >= 15 is 0 Å². The molecule has 1 saturated carbocycles. The van der Waals surface area contributed by atoms with Crippen molar-refractivity contribution in [3.63, 3.8) is 0 Å². The van der Waals surface area contributed by atoms with Crippen LogP contribution >= 0.6 is 0 Å². The summed E-state index contributed by atoms with van der Waals surface area (Å²) >= 11 is 0. The molecule has 2 rings (SSSR count). The number of rotatable bonds is 2. The van der Waals surface area contributed by atoms with E-state index in [9.17, 15) is 0 Å². The van der Waals surface area contributed by atoms with Crippen LogP contribution in [0.1, 0.15) is 45.4 Å². The first kappa shape index (κ1) is 10.4. The molecule has 0 aromatic heterocycles. The van der Waals surface area contributed by atoms with E-state index in [1.807, 2.05) is 0 Å². The Bertz CT molecular complexity index is 175. The Morgan fingerprint density at radius 1 is 1.14 bits per heavy atom. The molecule has 2 fully saturated rings. The molecule has 0 aromatic carbocycles. The van der Waals surface area contributed by atoms with Crippen LogP contribution in [0.15, 0.2) is 0 Å². The summed E-state index contributed by atoms with van der Waals surface area (Å²) in [7, 11) is 0. The zero-order chi connectivity index (χ0) is 9.97. The van der Waals surface area contributed by atoms with E-state index in [0.717, 1.165) is 18.5 Å². The van der Waals surface area contributed by atoms with Crippen LogP contribution in [0, 0.1) is 5.92 Å². The molecule has 1 heterocycles. The van der Waals surface area contributed by atoms with E-state index in [1.54, 1.807) is 0 Å². The number of hydrogen-bond donors (Lipinski definition) is 1. The van der Waals surface area contributed by atoms with E-state index < -0.39 is 0 Å². The second kappa shape index (κ2) is 4.63. The molecular weight excluding hydrogens is 172 g/mol.